The predicted molar refractivity (Wildman–Crippen MR) is 54.4 cm³/mol. The van der Waals surface area contributed by atoms with E-state index in [1.54, 1.807) is 6.08 Å². The van der Waals surface area contributed by atoms with E-state index in [-0.39, 0.29) is 10.8 Å². The van der Waals surface area contributed by atoms with Crippen molar-refractivity contribution < 1.29 is 4.92 Å². The fourth-order valence-corrected chi connectivity index (χ4v) is 1.22. The number of allylic oxidation sites excluding steroid dienone is 1. The van der Waals surface area contributed by atoms with Crippen LogP contribution in [0.25, 0.3) is 0 Å². The first kappa shape index (κ1) is 10.7. The lowest BCUT2D eigenvalue weighted by Crippen LogP contribution is -1.98. The molecule has 0 aliphatic carbocycles. The van der Waals surface area contributed by atoms with Gasteiger partial charge in [0.2, 0.25) is 0 Å². The lowest BCUT2D eigenvalue weighted by Gasteiger charge is -2.00. The van der Waals surface area contributed by atoms with Crippen molar-refractivity contribution in [1.29, 1.82) is 0 Å². The van der Waals surface area contributed by atoms with Crippen LogP contribution in [0.3, 0.4) is 0 Å². The molecule has 0 amide bonds. The molecule has 1 aromatic rings. The quantitative estimate of drug-likeness (QED) is 0.334. The Kier molecular flexibility index (Phi) is 3.59. The molecule has 5 heteroatoms. The Morgan fingerprint density at radius 1 is 1.64 bits per heavy atom. The first-order valence-electron chi connectivity index (χ1n) is 4.06. The zero-order valence-electron chi connectivity index (χ0n) is 7.44. The third kappa shape index (κ3) is 2.53. The Bertz CT molecular complexity index is 366. The Labute approximate surface area is 86.4 Å². The molecule has 0 radical (unpaired) electrons. The molecule has 14 heavy (non-hydrogen) atoms. The molecular weight excluding hydrogens is 204 g/mol. The minimum absolute atomic E-state index is 0.0104. The van der Waals surface area contributed by atoms with Crippen LogP contribution >= 0.6 is 11.6 Å². The normalized spacial score (nSPS) is 9.79. The van der Waals surface area contributed by atoms with Gasteiger partial charge in [-0.15, -0.1) is 6.58 Å². The number of rotatable bonds is 4. The number of hydrogen-bond acceptors (Lipinski definition) is 3. The average molecular weight is 213 g/mol. The van der Waals surface area contributed by atoms with Crippen molar-refractivity contribution in [3.05, 3.63) is 45.7 Å². The second-order valence-corrected chi connectivity index (χ2v) is 3.07. The molecule has 0 N–H and O–H groups in total. The molecular formula is C9H9ClN2O2. The minimum Gasteiger partial charge on any atom is -0.258 e. The maximum atomic E-state index is 10.6. The van der Waals surface area contributed by atoms with Crippen LogP contribution in [0.4, 0.5) is 5.69 Å². The monoisotopic (exact) mass is 212 g/mol. The molecule has 0 saturated carbocycles. The van der Waals surface area contributed by atoms with Gasteiger partial charge in [-0.3, -0.25) is 10.1 Å². The number of nitrogens with zero attached hydrogens (tertiary/aromatic N) is 2. The summed E-state index contributed by atoms with van der Waals surface area (Å²) in [6.45, 7) is 3.54. The highest BCUT2D eigenvalue weighted by Crippen LogP contribution is 2.20. The molecule has 1 aromatic heterocycles. The number of pyridine rings is 1. The summed E-state index contributed by atoms with van der Waals surface area (Å²) in [5, 5.41) is 10.9. The molecule has 1 rings (SSSR count). The Morgan fingerprint density at radius 2 is 2.36 bits per heavy atom. The summed E-state index contributed by atoms with van der Waals surface area (Å²) in [6.07, 6.45) is 2.82. The summed E-state index contributed by atoms with van der Waals surface area (Å²) in [4.78, 5) is 14.0. The summed E-state index contributed by atoms with van der Waals surface area (Å²) in [5.74, 6) is 0. The summed E-state index contributed by atoms with van der Waals surface area (Å²) in [5.41, 5.74) is 0.415. The molecule has 0 atom stereocenters. The van der Waals surface area contributed by atoms with Crippen LogP contribution in [0.1, 0.15) is 12.1 Å². The third-order valence-corrected chi connectivity index (χ3v) is 1.91. The SMILES string of the molecule is C=CCCc1nc(Cl)ccc1[N+](=O)[O-]. The molecule has 1 heterocycles. The second-order valence-electron chi connectivity index (χ2n) is 2.68. The van der Waals surface area contributed by atoms with E-state index in [0.29, 0.717) is 18.5 Å². The molecule has 0 spiro atoms. The van der Waals surface area contributed by atoms with Crippen LogP contribution in [-0.4, -0.2) is 9.91 Å². The largest absolute Gasteiger partial charge is 0.290 e. The van der Waals surface area contributed by atoms with Gasteiger partial charge in [-0.25, -0.2) is 4.98 Å². The van der Waals surface area contributed by atoms with Crippen LogP contribution in [0.2, 0.25) is 5.15 Å². The number of nitro groups is 1. The molecule has 0 fully saturated rings. The molecule has 0 aliphatic heterocycles. The Hall–Kier alpha value is -1.42. The fraction of sp³-hybridized carbons (Fsp3) is 0.222. The van der Waals surface area contributed by atoms with Crippen molar-refractivity contribution >= 4 is 17.3 Å². The maximum absolute atomic E-state index is 10.6. The van der Waals surface area contributed by atoms with Gasteiger partial charge in [0, 0.05) is 12.5 Å². The maximum Gasteiger partial charge on any atom is 0.290 e. The lowest BCUT2D eigenvalue weighted by atomic mass is 10.2. The average Bonchev–Trinajstić information content (AvgIpc) is 2.14. The van der Waals surface area contributed by atoms with Gasteiger partial charge in [-0.1, -0.05) is 17.7 Å². The minimum atomic E-state index is -0.457. The molecule has 74 valence electrons. The summed E-state index contributed by atoms with van der Waals surface area (Å²) >= 11 is 5.64. The lowest BCUT2D eigenvalue weighted by molar-refractivity contribution is -0.385. The summed E-state index contributed by atoms with van der Waals surface area (Å²) in [7, 11) is 0. The van der Waals surface area contributed by atoms with Crippen LogP contribution in [0.5, 0.6) is 0 Å². The van der Waals surface area contributed by atoms with Crippen molar-refractivity contribution in [2.45, 2.75) is 12.8 Å². The highest BCUT2D eigenvalue weighted by molar-refractivity contribution is 6.29. The van der Waals surface area contributed by atoms with Crippen LogP contribution in [0, 0.1) is 10.1 Å². The van der Waals surface area contributed by atoms with E-state index in [1.165, 1.54) is 12.1 Å². The highest BCUT2D eigenvalue weighted by Gasteiger charge is 2.14. The van der Waals surface area contributed by atoms with E-state index in [0.717, 1.165) is 0 Å². The van der Waals surface area contributed by atoms with Crippen LogP contribution in [-0.2, 0) is 6.42 Å². The third-order valence-electron chi connectivity index (χ3n) is 1.70. The van der Waals surface area contributed by atoms with Crippen molar-refractivity contribution in [3.8, 4) is 0 Å². The second kappa shape index (κ2) is 4.72. The molecule has 0 aromatic carbocycles. The van der Waals surface area contributed by atoms with E-state index >= 15 is 0 Å². The highest BCUT2D eigenvalue weighted by atomic mass is 35.5. The number of aromatic nitrogens is 1. The summed E-state index contributed by atoms with van der Waals surface area (Å²) < 4.78 is 0. The molecule has 0 saturated heterocycles. The van der Waals surface area contributed by atoms with Gasteiger partial charge in [0.15, 0.2) is 0 Å². The molecule has 0 bridgehead atoms. The molecule has 0 aliphatic rings. The topological polar surface area (TPSA) is 56.0 Å². The standard InChI is InChI=1S/C9H9ClN2O2/c1-2-3-4-7-8(12(13)14)5-6-9(10)11-7/h2,5-6H,1,3-4H2. The first-order chi connectivity index (χ1) is 6.65. The van der Waals surface area contributed by atoms with Crippen molar-refractivity contribution in [2.24, 2.45) is 0 Å². The van der Waals surface area contributed by atoms with Crippen LogP contribution in [0.15, 0.2) is 24.8 Å². The zero-order valence-corrected chi connectivity index (χ0v) is 8.20. The van der Waals surface area contributed by atoms with Gasteiger partial charge in [0.1, 0.15) is 10.8 Å². The van der Waals surface area contributed by atoms with Crippen LogP contribution < -0.4 is 0 Å². The number of halogens is 1. The van der Waals surface area contributed by atoms with E-state index in [4.69, 9.17) is 11.6 Å². The van der Waals surface area contributed by atoms with E-state index in [9.17, 15) is 10.1 Å². The molecule has 0 unspecified atom stereocenters. The number of aryl methyl sites for hydroxylation is 1. The van der Waals surface area contributed by atoms with Crippen molar-refractivity contribution in [2.75, 3.05) is 0 Å². The summed E-state index contributed by atoms with van der Waals surface area (Å²) in [6, 6.07) is 2.78. The smallest absolute Gasteiger partial charge is 0.258 e. The van der Waals surface area contributed by atoms with Crippen molar-refractivity contribution in [1.82, 2.24) is 4.98 Å². The Morgan fingerprint density at radius 3 is 2.93 bits per heavy atom. The zero-order chi connectivity index (χ0) is 10.6. The van der Waals surface area contributed by atoms with Gasteiger partial charge < -0.3 is 0 Å². The van der Waals surface area contributed by atoms with Gasteiger partial charge in [-0.05, 0) is 12.5 Å². The van der Waals surface area contributed by atoms with Gasteiger partial charge in [0.05, 0.1) is 4.92 Å². The molecule has 4 nitrogen and oxygen atoms in total. The first-order valence-corrected chi connectivity index (χ1v) is 4.43. The van der Waals surface area contributed by atoms with Gasteiger partial charge in [0.25, 0.3) is 5.69 Å². The Balaban J connectivity index is 3.02. The van der Waals surface area contributed by atoms with Crippen molar-refractivity contribution in [3.63, 3.8) is 0 Å². The van der Waals surface area contributed by atoms with Gasteiger partial charge in [-0.2, -0.15) is 0 Å². The van der Waals surface area contributed by atoms with E-state index in [1.807, 2.05) is 0 Å². The number of hydrogen-bond donors (Lipinski definition) is 0. The van der Waals surface area contributed by atoms with Gasteiger partial charge >= 0.3 is 0 Å². The van der Waals surface area contributed by atoms with E-state index in [2.05, 4.69) is 11.6 Å². The fourth-order valence-electron chi connectivity index (χ4n) is 1.06. The predicted octanol–water partition coefficient (Wildman–Crippen LogP) is 2.76. The van der Waals surface area contributed by atoms with E-state index < -0.39 is 4.92 Å².